The predicted octanol–water partition coefficient (Wildman–Crippen LogP) is 2.85. The molecule has 3 aromatic rings. The molecule has 0 aliphatic carbocycles. The monoisotopic (exact) mass is 346 g/mol. The molecule has 3 rings (SSSR count). The first-order valence-electron chi connectivity index (χ1n) is 6.58. The van der Waals surface area contributed by atoms with Crippen molar-refractivity contribution in [1.82, 2.24) is 19.5 Å². The van der Waals surface area contributed by atoms with Gasteiger partial charge >= 0.3 is 0 Å². The van der Waals surface area contributed by atoms with Crippen molar-refractivity contribution < 1.29 is 5.11 Å². The minimum Gasteiger partial charge on any atom is -0.385 e. The Morgan fingerprint density at radius 1 is 1.33 bits per heavy atom. The van der Waals surface area contributed by atoms with Gasteiger partial charge in [0.2, 0.25) is 0 Å². The molecule has 0 aliphatic heterocycles. The number of aryl methyl sites for hydroxylation is 1. The number of rotatable bonds is 4. The number of hydrogen-bond donors (Lipinski definition) is 2. The quantitative estimate of drug-likeness (QED) is 0.763. The molecule has 2 heterocycles. The number of aromatic nitrogens is 4. The second kappa shape index (κ2) is 5.83. The lowest BCUT2D eigenvalue weighted by molar-refractivity contribution is 0.164. The molecule has 2 aromatic heterocycles. The number of nitrogens with zero attached hydrogens (tertiary/aromatic N) is 3. The van der Waals surface area contributed by atoms with Gasteiger partial charge in [-0.2, -0.15) is 0 Å². The van der Waals surface area contributed by atoms with Crippen molar-refractivity contribution in [3.05, 3.63) is 59.0 Å². The number of aromatic amines is 1. The maximum absolute atomic E-state index is 10.3. The molecule has 0 saturated heterocycles. The molecule has 0 spiro atoms. The van der Waals surface area contributed by atoms with Crippen molar-refractivity contribution in [2.75, 3.05) is 0 Å². The fourth-order valence-electron chi connectivity index (χ4n) is 2.25. The number of aliphatic hydroxyl groups is 1. The fourth-order valence-corrected chi connectivity index (χ4v) is 2.51. The first kappa shape index (κ1) is 14.0. The number of hydrogen-bond acceptors (Lipinski definition) is 3. The van der Waals surface area contributed by atoms with Crippen LogP contribution in [0.4, 0.5) is 0 Å². The summed E-state index contributed by atoms with van der Waals surface area (Å²) in [6.45, 7) is 0. The number of benzene rings is 1. The molecule has 0 radical (unpaired) electrons. The third kappa shape index (κ3) is 3.06. The van der Waals surface area contributed by atoms with E-state index in [4.69, 9.17) is 0 Å². The lowest BCUT2D eigenvalue weighted by atomic mass is 10.2. The Kier molecular flexibility index (Phi) is 3.90. The highest BCUT2D eigenvalue weighted by molar-refractivity contribution is 9.10. The molecule has 5 nitrogen and oxygen atoms in total. The van der Waals surface area contributed by atoms with Crippen LogP contribution in [-0.2, 0) is 13.5 Å². The van der Waals surface area contributed by atoms with Crippen molar-refractivity contribution in [3.8, 4) is 11.3 Å². The zero-order chi connectivity index (χ0) is 14.8. The van der Waals surface area contributed by atoms with Crippen molar-refractivity contribution in [2.45, 2.75) is 12.5 Å². The molecule has 0 aliphatic rings. The van der Waals surface area contributed by atoms with Crippen LogP contribution in [0, 0.1) is 0 Å². The third-order valence-electron chi connectivity index (χ3n) is 3.32. The first-order chi connectivity index (χ1) is 10.1. The summed E-state index contributed by atoms with van der Waals surface area (Å²) in [5, 5.41) is 10.3. The zero-order valence-electron chi connectivity index (χ0n) is 11.5. The highest BCUT2D eigenvalue weighted by atomic mass is 79.9. The van der Waals surface area contributed by atoms with E-state index >= 15 is 0 Å². The first-order valence-corrected chi connectivity index (χ1v) is 7.37. The Morgan fingerprint density at radius 3 is 2.76 bits per heavy atom. The summed E-state index contributed by atoms with van der Waals surface area (Å²) in [6.07, 6.45) is 5.04. The molecule has 1 unspecified atom stereocenters. The largest absolute Gasteiger partial charge is 0.385 e. The summed E-state index contributed by atoms with van der Waals surface area (Å²) < 4.78 is 2.89. The fraction of sp³-hybridized carbons (Fsp3) is 0.200. The molecule has 1 atom stereocenters. The van der Waals surface area contributed by atoms with E-state index < -0.39 is 6.10 Å². The van der Waals surface area contributed by atoms with E-state index in [0.29, 0.717) is 12.2 Å². The zero-order valence-corrected chi connectivity index (χ0v) is 13.1. The van der Waals surface area contributed by atoms with Crippen LogP contribution >= 0.6 is 15.9 Å². The van der Waals surface area contributed by atoms with E-state index in [1.54, 1.807) is 12.5 Å². The van der Waals surface area contributed by atoms with Crippen LogP contribution in [0.5, 0.6) is 0 Å². The van der Waals surface area contributed by atoms with E-state index in [1.165, 1.54) is 0 Å². The van der Waals surface area contributed by atoms with E-state index in [2.05, 4.69) is 30.9 Å². The summed E-state index contributed by atoms with van der Waals surface area (Å²) in [7, 11) is 1.89. The Hall–Kier alpha value is -1.92. The maximum Gasteiger partial charge on any atom is 0.138 e. The van der Waals surface area contributed by atoms with E-state index in [1.807, 2.05) is 42.1 Å². The Morgan fingerprint density at radius 2 is 2.10 bits per heavy atom. The topological polar surface area (TPSA) is 66.7 Å². The van der Waals surface area contributed by atoms with Crippen LogP contribution in [-0.4, -0.2) is 24.6 Å². The smallest absolute Gasteiger partial charge is 0.138 e. The van der Waals surface area contributed by atoms with Gasteiger partial charge in [0.25, 0.3) is 0 Å². The third-order valence-corrected chi connectivity index (χ3v) is 3.85. The molecule has 0 saturated carbocycles. The molecule has 0 bridgehead atoms. The Labute approximate surface area is 130 Å². The van der Waals surface area contributed by atoms with Crippen molar-refractivity contribution >= 4 is 15.9 Å². The number of imidazole rings is 2. The average Bonchev–Trinajstić information content (AvgIpc) is 3.09. The van der Waals surface area contributed by atoms with Gasteiger partial charge in [-0.15, -0.1) is 0 Å². The van der Waals surface area contributed by atoms with Crippen LogP contribution in [0.1, 0.15) is 17.6 Å². The van der Waals surface area contributed by atoms with Gasteiger partial charge in [0.15, 0.2) is 0 Å². The highest BCUT2D eigenvalue weighted by Crippen LogP contribution is 2.24. The van der Waals surface area contributed by atoms with Gasteiger partial charge < -0.3 is 14.7 Å². The van der Waals surface area contributed by atoms with E-state index in [-0.39, 0.29) is 0 Å². The SMILES string of the molecule is Cn1cc(-c2ccc(Br)cc2)nc1C(O)Cc1cnc[nH]1. The Balaban J connectivity index is 1.85. The predicted molar refractivity (Wildman–Crippen MR) is 83.6 cm³/mol. The molecule has 108 valence electrons. The van der Waals surface area contributed by atoms with Gasteiger partial charge in [0.1, 0.15) is 11.9 Å². The lowest BCUT2D eigenvalue weighted by Gasteiger charge is -2.08. The second-order valence-corrected chi connectivity index (χ2v) is 5.81. The number of nitrogens with one attached hydrogen (secondary N) is 1. The molecule has 21 heavy (non-hydrogen) atoms. The van der Waals surface area contributed by atoms with E-state index in [0.717, 1.165) is 21.4 Å². The van der Waals surface area contributed by atoms with Crippen LogP contribution in [0.25, 0.3) is 11.3 Å². The lowest BCUT2D eigenvalue weighted by Crippen LogP contribution is -2.08. The van der Waals surface area contributed by atoms with Gasteiger partial charge in [-0.1, -0.05) is 28.1 Å². The highest BCUT2D eigenvalue weighted by Gasteiger charge is 2.16. The normalized spacial score (nSPS) is 12.5. The molecule has 1 aromatic carbocycles. The van der Waals surface area contributed by atoms with Crippen molar-refractivity contribution in [2.24, 2.45) is 7.05 Å². The second-order valence-electron chi connectivity index (χ2n) is 4.90. The average molecular weight is 347 g/mol. The van der Waals surface area contributed by atoms with Crippen molar-refractivity contribution in [1.29, 1.82) is 0 Å². The van der Waals surface area contributed by atoms with E-state index in [9.17, 15) is 5.11 Å². The standard InChI is InChI=1S/C15H15BrN4O/c1-20-8-13(10-2-4-11(16)5-3-10)19-15(20)14(21)6-12-7-17-9-18-12/h2-5,7-9,14,21H,6H2,1H3,(H,17,18). The molecular formula is C15H15BrN4O. The minimum absolute atomic E-state index is 0.463. The Bertz CT molecular complexity index is 719. The van der Waals surface area contributed by atoms with Crippen LogP contribution in [0.15, 0.2) is 47.5 Å². The molecular weight excluding hydrogens is 332 g/mol. The van der Waals surface area contributed by atoms with Gasteiger partial charge in [-0.05, 0) is 12.1 Å². The summed E-state index contributed by atoms with van der Waals surface area (Å²) in [5.41, 5.74) is 2.76. The summed E-state index contributed by atoms with van der Waals surface area (Å²) >= 11 is 3.42. The van der Waals surface area contributed by atoms with Crippen LogP contribution < -0.4 is 0 Å². The van der Waals surface area contributed by atoms with Gasteiger partial charge in [0, 0.05) is 41.6 Å². The summed E-state index contributed by atoms with van der Waals surface area (Å²) in [6, 6.07) is 7.95. The summed E-state index contributed by atoms with van der Waals surface area (Å²) in [5.74, 6) is 0.641. The van der Waals surface area contributed by atoms with Gasteiger partial charge in [0.05, 0.1) is 12.0 Å². The molecule has 6 heteroatoms. The van der Waals surface area contributed by atoms with Gasteiger partial charge in [-0.25, -0.2) is 9.97 Å². The number of H-pyrrole nitrogens is 1. The molecule has 2 N–H and O–H groups in total. The van der Waals surface area contributed by atoms with Crippen molar-refractivity contribution in [3.63, 3.8) is 0 Å². The molecule has 0 fully saturated rings. The summed E-state index contributed by atoms with van der Waals surface area (Å²) in [4.78, 5) is 11.5. The van der Waals surface area contributed by atoms with Gasteiger partial charge in [-0.3, -0.25) is 0 Å². The maximum atomic E-state index is 10.3. The van der Waals surface area contributed by atoms with Crippen LogP contribution in [0.2, 0.25) is 0 Å². The minimum atomic E-state index is -0.667. The van der Waals surface area contributed by atoms with Crippen LogP contribution in [0.3, 0.4) is 0 Å². The number of halogens is 1. The molecule has 0 amide bonds. The number of aliphatic hydroxyl groups excluding tert-OH is 1.